The average Bonchev–Trinajstić information content (AvgIpc) is 3.01. The second-order valence-corrected chi connectivity index (χ2v) is 4.72. The zero-order chi connectivity index (χ0) is 12.1. The zero-order valence-corrected chi connectivity index (χ0v) is 10.4. The first kappa shape index (κ1) is 13.0. The van der Waals surface area contributed by atoms with Crippen LogP contribution < -0.4 is 5.32 Å². The standard InChI is InChI=1S/C12H21N3O/c1-9(2)14-12(16)10(3)15(8-4-7-13)11-5-6-11/h9-11H,4-6,8H2,1-3H3,(H,14,16). The molecular weight excluding hydrogens is 202 g/mol. The predicted molar refractivity (Wildman–Crippen MR) is 62.7 cm³/mol. The van der Waals surface area contributed by atoms with Crippen molar-refractivity contribution in [3.63, 3.8) is 0 Å². The highest BCUT2D eigenvalue weighted by Gasteiger charge is 2.34. The van der Waals surface area contributed by atoms with Gasteiger partial charge in [0.1, 0.15) is 0 Å². The van der Waals surface area contributed by atoms with E-state index in [2.05, 4.69) is 16.3 Å². The van der Waals surface area contributed by atoms with Gasteiger partial charge >= 0.3 is 0 Å². The Morgan fingerprint density at radius 3 is 2.56 bits per heavy atom. The predicted octanol–water partition coefficient (Wildman–Crippen LogP) is 1.28. The topological polar surface area (TPSA) is 56.1 Å². The van der Waals surface area contributed by atoms with Crippen LogP contribution in [0.2, 0.25) is 0 Å². The Kier molecular flexibility index (Phi) is 4.75. The van der Waals surface area contributed by atoms with Crippen LogP contribution in [0.5, 0.6) is 0 Å². The highest BCUT2D eigenvalue weighted by Crippen LogP contribution is 2.28. The molecule has 0 bridgehead atoms. The molecule has 0 saturated heterocycles. The Morgan fingerprint density at radius 2 is 2.12 bits per heavy atom. The molecule has 1 fully saturated rings. The summed E-state index contributed by atoms with van der Waals surface area (Å²) in [5.41, 5.74) is 0. The van der Waals surface area contributed by atoms with Gasteiger partial charge in [0, 0.05) is 25.0 Å². The number of carbonyl (C=O) groups excluding carboxylic acids is 1. The lowest BCUT2D eigenvalue weighted by atomic mass is 10.2. The van der Waals surface area contributed by atoms with E-state index in [1.807, 2.05) is 20.8 Å². The molecule has 4 heteroatoms. The van der Waals surface area contributed by atoms with Crippen LogP contribution in [0.25, 0.3) is 0 Å². The number of nitrogens with zero attached hydrogens (tertiary/aromatic N) is 2. The summed E-state index contributed by atoms with van der Waals surface area (Å²) < 4.78 is 0. The van der Waals surface area contributed by atoms with Crippen molar-refractivity contribution in [2.75, 3.05) is 6.54 Å². The minimum absolute atomic E-state index is 0.0693. The highest BCUT2D eigenvalue weighted by molar-refractivity contribution is 5.81. The van der Waals surface area contributed by atoms with Crippen LogP contribution in [-0.2, 0) is 4.79 Å². The van der Waals surface area contributed by atoms with Crippen molar-refractivity contribution in [2.24, 2.45) is 0 Å². The van der Waals surface area contributed by atoms with Gasteiger partial charge in [-0.3, -0.25) is 9.69 Å². The van der Waals surface area contributed by atoms with Crippen molar-refractivity contribution < 1.29 is 4.79 Å². The molecule has 1 atom stereocenters. The fourth-order valence-corrected chi connectivity index (χ4v) is 1.83. The minimum atomic E-state index is -0.122. The maximum absolute atomic E-state index is 11.9. The van der Waals surface area contributed by atoms with Crippen LogP contribution in [0.1, 0.15) is 40.0 Å². The van der Waals surface area contributed by atoms with Gasteiger partial charge in [-0.1, -0.05) is 0 Å². The molecule has 1 amide bonds. The number of nitrogens with one attached hydrogen (secondary N) is 1. The Hall–Kier alpha value is -1.08. The first-order valence-corrected chi connectivity index (χ1v) is 5.99. The largest absolute Gasteiger partial charge is 0.353 e. The van der Waals surface area contributed by atoms with Crippen molar-refractivity contribution >= 4 is 5.91 Å². The lowest BCUT2D eigenvalue weighted by molar-refractivity contribution is -0.126. The molecule has 1 rings (SSSR count). The van der Waals surface area contributed by atoms with Crippen molar-refractivity contribution in [3.8, 4) is 6.07 Å². The SMILES string of the molecule is CC(C)NC(=O)C(C)N(CCC#N)C1CC1. The van der Waals surface area contributed by atoms with E-state index in [9.17, 15) is 4.79 Å². The first-order chi connectivity index (χ1) is 7.56. The van der Waals surface area contributed by atoms with Crippen LogP contribution in [-0.4, -0.2) is 35.5 Å². The summed E-state index contributed by atoms with van der Waals surface area (Å²) in [6.45, 7) is 6.55. The summed E-state index contributed by atoms with van der Waals surface area (Å²) >= 11 is 0. The maximum Gasteiger partial charge on any atom is 0.237 e. The highest BCUT2D eigenvalue weighted by atomic mass is 16.2. The molecular formula is C12H21N3O. The third-order valence-electron chi connectivity index (χ3n) is 2.81. The molecule has 4 nitrogen and oxygen atoms in total. The average molecular weight is 223 g/mol. The normalized spacial score (nSPS) is 17.2. The summed E-state index contributed by atoms with van der Waals surface area (Å²) in [5, 5.41) is 11.5. The van der Waals surface area contributed by atoms with E-state index < -0.39 is 0 Å². The first-order valence-electron chi connectivity index (χ1n) is 5.99. The molecule has 16 heavy (non-hydrogen) atoms. The van der Waals surface area contributed by atoms with Gasteiger partial charge in [-0.05, 0) is 33.6 Å². The summed E-state index contributed by atoms with van der Waals surface area (Å²) in [6, 6.07) is 2.71. The van der Waals surface area contributed by atoms with Crippen LogP contribution in [0.15, 0.2) is 0 Å². The molecule has 1 N–H and O–H groups in total. The molecule has 0 aromatic carbocycles. The molecule has 0 aromatic heterocycles. The van der Waals surface area contributed by atoms with E-state index in [0.717, 1.165) is 12.8 Å². The van der Waals surface area contributed by atoms with E-state index in [1.165, 1.54) is 0 Å². The van der Waals surface area contributed by atoms with Gasteiger partial charge in [-0.2, -0.15) is 5.26 Å². The lowest BCUT2D eigenvalue weighted by Crippen LogP contribution is -2.48. The molecule has 0 radical (unpaired) electrons. The minimum Gasteiger partial charge on any atom is -0.353 e. The fourth-order valence-electron chi connectivity index (χ4n) is 1.83. The Bertz CT molecular complexity index is 278. The molecule has 0 spiro atoms. The third-order valence-corrected chi connectivity index (χ3v) is 2.81. The van der Waals surface area contributed by atoms with Crippen molar-refractivity contribution in [1.82, 2.24) is 10.2 Å². The van der Waals surface area contributed by atoms with Gasteiger partial charge in [-0.15, -0.1) is 0 Å². The summed E-state index contributed by atoms with van der Waals surface area (Å²) in [4.78, 5) is 14.0. The van der Waals surface area contributed by atoms with Crippen LogP contribution in [0.4, 0.5) is 0 Å². The van der Waals surface area contributed by atoms with Gasteiger partial charge in [0.25, 0.3) is 0 Å². The number of amides is 1. The molecule has 1 aliphatic carbocycles. The molecule has 1 aliphatic rings. The van der Waals surface area contributed by atoms with Crippen molar-refractivity contribution in [1.29, 1.82) is 5.26 Å². The van der Waals surface area contributed by atoms with Crippen LogP contribution >= 0.6 is 0 Å². The number of rotatable bonds is 6. The van der Waals surface area contributed by atoms with Crippen LogP contribution in [0, 0.1) is 11.3 Å². The van der Waals surface area contributed by atoms with Gasteiger partial charge in [0.05, 0.1) is 12.1 Å². The summed E-state index contributed by atoms with van der Waals surface area (Å²) in [6.07, 6.45) is 2.81. The van der Waals surface area contributed by atoms with E-state index in [4.69, 9.17) is 5.26 Å². The zero-order valence-electron chi connectivity index (χ0n) is 10.4. The molecule has 1 unspecified atom stereocenters. The van der Waals surface area contributed by atoms with E-state index >= 15 is 0 Å². The van der Waals surface area contributed by atoms with Gasteiger partial charge in [0.2, 0.25) is 5.91 Å². The molecule has 90 valence electrons. The van der Waals surface area contributed by atoms with Crippen molar-refractivity contribution in [3.05, 3.63) is 0 Å². The van der Waals surface area contributed by atoms with Gasteiger partial charge in [0.15, 0.2) is 0 Å². The fraction of sp³-hybridized carbons (Fsp3) is 0.833. The monoisotopic (exact) mass is 223 g/mol. The molecule has 0 heterocycles. The Labute approximate surface area is 97.6 Å². The second kappa shape index (κ2) is 5.86. The number of hydrogen-bond acceptors (Lipinski definition) is 3. The molecule has 1 saturated carbocycles. The third kappa shape index (κ3) is 3.82. The smallest absolute Gasteiger partial charge is 0.237 e. The summed E-state index contributed by atoms with van der Waals surface area (Å²) in [7, 11) is 0. The van der Waals surface area contributed by atoms with Gasteiger partial charge in [-0.25, -0.2) is 0 Å². The Balaban J connectivity index is 2.49. The molecule has 0 aromatic rings. The second-order valence-electron chi connectivity index (χ2n) is 4.72. The Morgan fingerprint density at radius 1 is 1.50 bits per heavy atom. The maximum atomic E-state index is 11.9. The van der Waals surface area contributed by atoms with E-state index in [1.54, 1.807) is 0 Å². The van der Waals surface area contributed by atoms with Gasteiger partial charge < -0.3 is 5.32 Å². The van der Waals surface area contributed by atoms with Crippen LogP contribution in [0.3, 0.4) is 0 Å². The quantitative estimate of drug-likeness (QED) is 0.738. The number of nitriles is 1. The summed E-state index contributed by atoms with van der Waals surface area (Å²) in [5.74, 6) is 0.0693. The number of carbonyl (C=O) groups is 1. The van der Waals surface area contributed by atoms with Crippen molar-refractivity contribution in [2.45, 2.75) is 58.2 Å². The lowest BCUT2D eigenvalue weighted by Gasteiger charge is -2.28. The van der Waals surface area contributed by atoms with E-state index in [-0.39, 0.29) is 18.0 Å². The van der Waals surface area contributed by atoms with E-state index in [0.29, 0.717) is 19.0 Å². The molecule has 0 aliphatic heterocycles. The number of hydrogen-bond donors (Lipinski definition) is 1.